The largest absolute Gasteiger partial charge is 0.309 e. The Balaban J connectivity index is 1.75. The van der Waals surface area contributed by atoms with Gasteiger partial charge in [0.05, 0.1) is 16.7 Å². The summed E-state index contributed by atoms with van der Waals surface area (Å²) in [6.07, 6.45) is 3.47. The predicted octanol–water partition coefficient (Wildman–Crippen LogP) is 3.47. The van der Waals surface area contributed by atoms with E-state index >= 15 is 0 Å². The fourth-order valence-electron chi connectivity index (χ4n) is 2.47. The molecule has 3 heteroatoms. The van der Waals surface area contributed by atoms with Crippen LogP contribution in [0.1, 0.15) is 40.7 Å². The van der Waals surface area contributed by atoms with Crippen LogP contribution in [-0.2, 0) is 6.42 Å². The number of aryl methyl sites for hydroxylation is 1. The SMILES string of the molecule is Cc1ccccc1Cc1nc(C2CCCN2)cs1. The molecule has 1 aliphatic rings. The van der Waals surface area contributed by atoms with Gasteiger partial charge in [0.1, 0.15) is 0 Å². The third-order valence-corrected chi connectivity index (χ3v) is 4.46. The summed E-state index contributed by atoms with van der Waals surface area (Å²) in [6, 6.07) is 9.06. The molecule has 2 aromatic rings. The molecule has 1 aromatic carbocycles. The van der Waals surface area contributed by atoms with Crippen LogP contribution in [0.5, 0.6) is 0 Å². The lowest BCUT2D eigenvalue weighted by molar-refractivity contribution is 0.630. The van der Waals surface area contributed by atoms with E-state index in [2.05, 4.69) is 41.9 Å². The van der Waals surface area contributed by atoms with E-state index in [1.54, 1.807) is 11.3 Å². The molecule has 3 rings (SSSR count). The summed E-state index contributed by atoms with van der Waals surface area (Å²) in [7, 11) is 0. The average Bonchev–Trinajstić information content (AvgIpc) is 3.02. The van der Waals surface area contributed by atoms with Crippen LogP contribution in [0.15, 0.2) is 29.6 Å². The Morgan fingerprint density at radius 3 is 3.06 bits per heavy atom. The first-order chi connectivity index (χ1) is 8.83. The molecule has 1 aromatic heterocycles. The summed E-state index contributed by atoms with van der Waals surface area (Å²) in [5, 5.41) is 6.95. The number of aromatic nitrogens is 1. The highest BCUT2D eigenvalue weighted by atomic mass is 32.1. The Hall–Kier alpha value is -1.19. The number of benzene rings is 1. The minimum atomic E-state index is 0.492. The van der Waals surface area contributed by atoms with E-state index in [-0.39, 0.29) is 0 Å². The van der Waals surface area contributed by atoms with Gasteiger partial charge in [0, 0.05) is 11.8 Å². The normalized spacial score (nSPS) is 19.3. The average molecular weight is 258 g/mol. The van der Waals surface area contributed by atoms with Crippen molar-refractivity contribution in [1.29, 1.82) is 0 Å². The van der Waals surface area contributed by atoms with E-state index in [1.807, 2.05) is 0 Å². The molecule has 94 valence electrons. The van der Waals surface area contributed by atoms with Crippen molar-refractivity contribution in [3.8, 4) is 0 Å². The van der Waals surface area contributed by atoms with Crippen LogP contribution < -0.4 is 5.32 Å². The maximum Gasteiger partial charge on any atom is 0.0973 e. The lowest BCUT2D eigenvalue weighted by Crippen LogP contribution is -2.13. The maximum absolute atomic E-state index is 4.78. The van der Waals surface area contributed by atoms with Crippen LogP contribution in [0.25, 0.3) is 0 Å². The van der Waals surface area contributed by atoms with Crippen molar-refractivity contribution in [2.45, 2.75) is 32.2 Å². The number of rotatable bonds is 3. The zero-order valence-electron chi connectivity index (χ0n) is 10.6. The molecular formula is C15H18N2S. The van der Waals surface area contributed by atoms with Crippen LogP contribution in [0.4, 0.5) is 0 Å². The van der Waals surface area contributed by atoms with Crippen LogP contribution in [-0.4, -0.2) is 11.5 Å². The van der Waals surface area contributed by atoms with Crippen molar-refractivity contribution in [2.75, 3.05) is 6.54 Å². The van der Waals surface area contributed by atoms with Crippen molar-refractivity contribution < 1.29 is 0 Å². The minimum absolute atomic E-state index is 0.492. The van der Waals surface area contributed by atoms with Crippen LogP contribution >= 0.6 is 11.3 Å². The fraction of sp³-hybridized carbons (Fsp3) is 0.400. The molecule has 1 aliphatic heterocycles. The van der Waals surface area contributed by atoms with E-state index < -0.39 is 0 Å². The van der Waals surface area contributed by atoms with Gasteiger partial charge in [-0.25, -0.2) is 4.98 Å². The Morgan fingerprint density at radius 1 is 1.39 bits per heavy atom. The lowest BCUT2D eigenvalue weighted by atomic mass is 10.1. The van der Waals surface area contributed by atoms with Crippen molar-refractivity contribution in [3.63, 3.8) is 0 Å². The smallest absolute Gasteiger partial charge is 0.0973 e. The zero-order valence-corrected chi connectivity index (χ0v) is 11.5. The molecule has 1 atom stereocenters. The van der Waals surface area contributed by atoms with Crippen molar-refractivity contribution >= 4 is 11.3 Å². The first kappa shape index (κ1) is 11.9. The molecule has 1 unspecified atom stereocenters. The monoisotopic (exact) mass is 258 g/mol. The minimum Gasteiger partial charge on any atom is -0.309 e. The number of nitrogens with one attached hydrogen (secondary N) is 1. The molecule has 0 spiro atoms. The molecule has 1 N–H and O–H groups in total. The van der Waals surface area contributed by atoms with E-state index in [0.29, 0.717) is 6.04 Å². The molecule has 1 fully saturated rings. The van der Waals surface area contributed by atoms with E-state index in [4.69, 9.17) is 4.98 Å². The second kappa shape index (κ2) is 5.21. The molecule has 0 radical (unpaired) electrons. The molecule has 2 nitrogen and oxygen atoms in total. The Labute approximate surface area is 112 Å². The second-order valence-electron chi connectivity index (χ2n) is 4.92. The highest BCUT2D eigenvalue weighted by molar-refractivity contribution is 7.09. The summed E-state index contributed by atoms with van der Waals surface area (Å²) >= 11 is 1.79. The summed E-state index contributed by atoms with van der Waals surface area (Å²) in [5.41, 5.74) is 3.98. The van der Waals surface area contributed by atoms with Crippen molar-refractivity contribution in [2.24, 2.45) is 0 Å². The summed E-state index contributed by atoms with van der Waals surface area (Å²) in [5.74, 6) is 0. The van der Waals surface area contributed by atoms with Gasteiger partial charge in [0.2, 0.25) is 0 Å². The Kier molecular flexibility index (Phi) is 3.43. The van der Waals surface area contributed by atoms with Gasteiger partial charge in [-0.15, -0.1) is 11.3 Å². The number of thiazole rings is 1. The third kappa shape index (κ3) is 2.47. The maximum atomic E-state index is 4.78. The zero-order chi connectivity index (χ0) is 12.4. The molecule has 0 saturated carbocycles. The number of nitrogens with zero attached hydrogens (tertiary/aromatic N) is 1. The fourth-order valence-corrected chi connectivity index (χ4v) is 3.35. The van der Waals surface area contributed by atoms with Gasteiger partial charge in [-0.1, -0.05) is 24.3 Å². The Morgan fingerprint density at radius 2 is 2.28 bits per heavy atom. The quantitative estimate of drug-likeness (QED) is 0.912. The molecule has 0 amide bonds. The van der Waals surface area contributed by atoms with Gasteiger partial charge in [-0.3, -0.25) is 0 Å². The van der Waals surface area contributed by atoms with Gasteiger partial charge < -0.3 is 5.32 Å². The van der Waals surface area contributed by atoms with Crippen molar-refractivity contribution in [1.82, 2.24) is 10.3 Å². The number of hydrogen-bond acceptors (Lipinski definition) is 3. The predicted molar refractivity (Wildman–Crippen MR) is 76.1 cm³/mol. The van der Waals surface area contributed by atoms with E-state index in [0.717, 1.165) is 13.0 Å². The molecule has 2 heterocycles. The lowest BCUT2D eigenvalue weighted by Gasteiger charge is -2.05. The first-order valence-corrected chi connectivity index (χ1v) is 7.43. The van der Waals surface area contributed by atoms with Gasteiger partial charge in [-0.05, 0) is 37.4 Å². The second-order valence-corrected chi connectivity index (χ2v) is 5.86. The van der Waals surface area contributed by atoms with Crippen LogP contribution in [0.3, 0.4) is 0 Å². The van der Waals surface area contributed by atoms with Gasteiger partial charge >= 0.3 is 0 Å². The standard InChI is InChI=1S/C15H18N2S/c1-11-5-2-3-6-12(11)9-15-17-14(10-18-15)13-7-4-8-16-13/h2-3,5-6,10,13,16H,4,7-9H2,1H3. The number of hydrogen-bond donors (Lipinski definition) is 1. The van der Waals surface area contributed by atoms with E-state index in [1.165, 1.54) is 34.7 Å². The highest BCUT2D eigenvalue weighted by Gasteiger charge is 2.18. The van der Waals surface area contributed by atoms with Crippen LogP contribution in [0.2, 0.25) is 0 Å². The third-order valence-electron chi connectivity index (χ3n) is 3.59. The summed E-state index contributed by atoms with van der Waals surface area (Å²) in [4.78, 5) is 4.78. The molecule has 0 aliphatic carbocycles. The molecule has 18 heavy (non-hydrogen) atoms. The molecule has 1 saturated heterocycles. The summed E-state index contributed by atoms with van der Waals surface area (Å²) < 4.78 is 0. The van der Waals surface area contributed by atoms with Gasteiger partial charge in [0.25, 0.3) is 0 Å². The summed E-state index contributed by atoms with van der Waals surface area (Å²) in [6.45, 7) is 3.30. The topological polar surface area (TPSA) is 24.9 Å². The van der Waals surface area contributed by atoms with Crippen molar-refractivity contribution in [3.05, 3.63) is 51.5 Å². The molecule has 0 bridgehead atoms. The highest BCUT2D eigenvalue weighted by Crippen LogP contribution is 2.25. The molecular weight excluding hydrogens is 240 g/mol. The van der Waals surface area contributed by atoms with Crippen LogP contribution in [0, 0.1) is 6.92 Å². The van der Waals surface area contributed by atoms with E-state index in [9.17, 15) is 0 Å². The van der Waals surface area contributed by atoms with Gasteiger partial charge in [-0.2, -0.15) is 0 Å². The Bertz CT molecular complexity index is 527. The first-order valence-electron chi connectivity index (χ1n) is 6.55. The van der Waals surface area contributed by atoms with Gasteiger partial charge in [0.15, 0.2) is 0 Å².